The quantitative estimate of drug-likeness (QED) is 0.564. The van der Waals surface area contributed by atoms with Gasteiger partial charge in [-0.1, -0.05) is 12.1 Å². The van der Waals surface area contributed by atoms with Crippen LogP contribution >= 0.6 is 0 Å². The van der Waals surface area contributed by atoms with Gasteiger partial charge in [0.15, 0.2) is 0 Å². The van der Waals surface area contributed by atoms with Crippen LogP contribution in [0.3, 0.4) is 0 Å². The molecule has 0 amide bonds. The van der Waals surface area contributed by atoms with E-state index in [1.54, 1.807) is 22.3 Å². The summed E-state index contributed by atoms with van der Waals surface area (Å²) in [4.78, 5) is 0. The lowest BCUT2D eigenvalue weighted by atomic mass is 9.89. The third kappa shape index (κ3) is 1.20. The van der Waals surface area contributed by atoms with Crippen LogP contribution in [0.15, 0.2) is 12.1 Å². The van der Waals surface area contributed by atoms with Crippen LogP contribution in [0.25, 0.3) is 0 Å². The predicted molar refractivity (Wildman–Crippen MR) is 55.1 cm³/mol. The Labute approximate surface area is 80.0 Å². The van der Waals surface area contributed by atoms with Crippen molar-refractivity contribution in [3.63, 3.8) is 0 Å². The van der Waals surface area contributed by atoms with Crippen LogP contribution in [0.1, 0.15) is 41.5 Å². The summed E-state index contributed by atoms with van der Waals surface area (Å²) in [7, 11) is 0. The van der Waals surface area contributed by atoms with Crippen LogP contribution in [-0.4, -0.2) is 0 Å². The van der Waals surface area contributed by atoms with Gasteiger partial charge in [-0.15, -0.1) is 0 Å². The third-order valence-electron chi connectivity index (χ3n) is 3.56. The lowest BCUT2D eigenvalue weighted by Crippen LogP contribution is -2.03. The van der Waals surface area contributed by atoms with E-state index < -0.39 is 0 Å². The number of hydrogen-bond donors (Lipinski definition) is 0. The van der Waals surface area contributed by atoms with E-state index in [2.05, 4.69) is 12.1 Å². The highest BCUT2D eigenvalue weighted by molar-refractivity contribution is 5.41. The van der Waals surface area contributed by atoms with Gasteiger partial charge in [0, 0.05) is 0 Å². The van der Waals surface area contributed by atoms with Crippen molar-refractivity contribution >= 4 is 0 Å². The Kier molecular flexibility index (Phi) is 1.68. The summed E-state index contributed by atoms with van der Waals surface area (Å²) in [5.74, 6) is 0. The van der Waals surface area contributed by atoms with Gasteiger partial charge in [-0.25, -0.2) is 0 Å². The highest BCUT2D eigenvalue weighted by Crippen LogP contribution is 2.29. The van der Waals surface area contributed by atoms with Crippen LogP contribution in [0, 0.1) is 0 Å². The molecule has 68 valence electrons. The first-order chi connectivity index (χ1) is 6.43. The van der Waals surface area contributed by atoms with Crippen LogP contribution in [0.2, 0.25) is 0 Å². The second-order valence-electron chi connectivity index (χ2n) is 4.45. The molecule has 2 aliphatic carbocycles. The van der Waals surface area contributed by atoms with Crippen molar-refractivity contribution in [2.24, 2.45) is 0 Å². The Morgan fingerprint density at radius 2 is 0.923 bits per heavy atom. The van der Waals surface area contributed by atoms with Crippen molar-refractivity contribution in [2.45, 2.75) is 44.9 Å². The Morgan fingerprint density at radius 1 is 0.538 bits per heavy atom. The molecule has 0 saturated carbocycles. The predicted octanol–water partition coefficient (Wildman–Crippen LogP) is 3.05. The standard InChI is InChI=1S/C13H16/c1-2-5-11-9-13-7-3-6-12(13)8-10(11)4-1/h8-9H,1-7H2. The molecular weight excluding hydrogens is 156 g/mol. The molecule has 0 fully saturated rings. The number of hydrogen-bond acceptors (Lipinski definition) is 0. The fourth-order valence-corrected chi connectivity index (χ4v) is 2.82. The van der Waals surface area contributed by atoms with Crippen LogP contribution in [-0.2, 0) is 25.7 Å². The molecule has 2 aliphatic rings. The summed E-state index contributed by atoms with van der Waals surface area (Å²) >= 11 is 0. The minimum absolute atomic E-state index is 1.34. The molecular formula is C13H16. The molecule has 0 heterocycles. The first-order valence-corrected chi connectivity index (χ1v) is 5.57. The molecule has 0 aliphatic heterocycles. The highest BCUT2D eigenvalue weighted by atomic mass is 14.2. The van der Waals surface area contributed by atoms with Crippen molar-refractivity contribution in [2.75, 3.05) is 0 Å². The van der Waals surface area contributed by atoms with Gasteiger partial charge in [0.05, 0.1) is 0 Å². The molecule has 0 saturated heterocycles. The summed E-state index contributed by atoms with van der Waals surface area (Å²) in [6.07, 6.45) is 9.55. The number of fused-ring (bicyclic) bond motifs is 2. The monoisotopic (exact) mass is 172 g/mol. The molecule has 13 heavy (non-hydrogen) atoms. The zero-order valence-electron chi connectivity index (χ0n) is 8.10. The SMILES string of the molecule is c1c2c(cc3c1CCC3)CCCC2. The van der Waals surface area contributed by atoms with E-state index in [9.17, 15) is 0 Å². The summed E-state index contributed by atoms with van der Waals surface area (Å²) in [5, 5.41) is 0. The fourth-order valence-electron chi connectivity index (χ4n) is 2.82. The Hall–Kier alpha value is -0.780. The van der Waals surface area contributed by atoms with Crippen LogP contribution in [0.5, 0.6) is 0 Å². The zero-order valence-corrected chi connectivity index (χ0v) is 8.10. The van der Waals surface area contributed by atoms with Gasteiger partial charge >= 0.3 is 0 Å². The molecule has 0 bridgehead atoms. The lowest BCUT2D eigenvalue weighted by Gasteiger charge is -2.17. The van der Waals surface area contributed by atoms with Crippen LogP contribution < -0.4 is 0 Å². The largest absolute Gasteiger partial charge is 0.0553 e. The van der Waals surface area contributed by atoms with Gasteiger partial charge in [-0.2, -0.15) is 0 Å². The van der Waals surface area contributed by atoms with E-state index in [4.69, 9.17) is 0 Å². The molecule has 3 rings (SSSR count). The van der Waals surface area contributed by atoms with E-state index in [-0.39, 0.29) is 0 Å². The molecule has 1 aromatic carbocycles. The third-order valence-corrected chi connectivity index (χ3v) is 3.56. The van der Waals surface area contributed by atoms with Gasteiger partial charge in [0.25, 0.3) is 0 Å². The average Bonchev–Trinajstić information content (AvgIpc) is 2.61. The van der Waals surface area contributed by atoms with Gasteiger partial charge in [0.2, 0.25) is 0 Å². The zero-order chi connectivity index (χ0) is 8.67. The van der Waals surface area contributed by atoms with Gasteiger partial charge in [-0.3, -0.25) is 0 Å². The van der Waals surface area contributed by atoms with E-state index in [0.29, 0.717) is 0 Å². The summed E-state index contributed by atoms with van der Waals surface area (Å²) in [6, 6.07) is 4.99. The van der Waals surface area contributed by atoms with E-state index in [1.165, 1.54) is 44.9 Å². The molecule has 0 N–H and O–H groups in total. The second kappa shape index (κ2) is 2.87. The van der Waals surface area contributed by atoms with E-state index >= 15 is 0 Å². The maximum atomic E-state index is 2.50. The highest BCUT2D eigenvalue weighted by Gasteiger charge is 2.16. The number of benzene rings is 1. The van der Waals surface area contributed by atoms with E-state index in [0.717, 1.165) is 0 Å². The Morgan fingerprint density at radius 3 is 1.38 bits per heavy atom. The summed E-state index contributed by atoms with van der Waals surface area (Å²) < 4.78 is 0. The Bertz CT molecular complexity index is 303. The minimum atomic E-state index is 1.34. The fraction of sp³-hybridized carbons (Fsp3) is 0.538. The second-order valence-corrected chi connectivity index (χ2v) is 4.45. The first kappa shape index (κ1) is 7.61. The molecule has 1 aromatic rings. The van der Waals surface area contributed by atoms with Gasteiger partial charge in [0.1, 0.15) is 0 Å². The number of aryl methyl sites for hydroxylation is 4. The molecule has 0 unspecified atom stereocenters. The van der Waals surface area contributed by atoms with E-state index in [1.807, 2.05) is 0 Å². The van der Waals surface area contributed by atoms with Crippen molar-refractivity contribution in [3.8, 4) is 0 Å². The van der Waals surface area contributed by atoms with Crippen molar-refractivity contribution in [3.05, 3.63) is 34.4 Å². The van der Waals surface area contributed by atoms with Crippen molar-refractivity contribution in [1.29, 1.82) is 0 Å². The smallest absolute Gasteiger partial charge is 0.0273 e. The Balaban J connectivity index is 2.11. The van der Waals surface area contributed by atoms with Crippen molar-refractivity contribution in [1.82, 2.24) is 0 Å². The molecule has 0 atom stereocenters. The normalized spacial score (nSPS) is 19.7. The summed E-state index contributed by atoms with van der Waals surface area (Å²) in [5.41, 5.74) is 6.63. The lowest BCUT2D eigenvalue weighted by molar-refractivity contribution is 0.684. The minimum Gasteiger partial charge on any atom is -0.0553 e. The van der Waals surface area contributed by atoms with Crippen molar-refractivity contribution < 1.29 is 0 Å². The number of rotatable bonds is 0. The molecule has 0 heteroatoms. The topological polar surface area (TPSA) is 0 Å². The molecule has 0 nitrogen and oxygen atoms in total. The van der Waals surface area contributed by atoms with Gasteiger partial charge < -0.3 is 0 Å². The molecule has 0 radical (unpaired) electrons. The van der Waals surface area contributed by atoms with Crippen LogP contribution in [0.4, 0.5) is 0 Å². The molecule has 0 spiro atoms. The summed E-state index contributed by atoms with van der Waals surface area (Å²) in [6.45, 7) is 0. The maximum Gasteiger partial charge on any atom is -0.0273 e. The molecule has 0 aromatic heterocycles. The first-order valence-electron chi connectivity index (χ1n) is 5.57. The average molecular weight is 172 g/mol. The van der Waals surface area contributed by atoms with Gasteiger partial charge in [-0.05, 0) is 67.2 Å². The maximum absolute atomic E-state index is 2.50.